The summed E-state index contributed by atoms with van der Waals surface area (Å²) in [6.07, 6.45) is 0. The van der Waals surface area contributed by atoms with E-state index in [9.17, 15) is 12.8 Å². The molecule has 20 heavy (non-hydrogen) atoms. The molecule has 0 saturated heterocycles. The average molecular weight is 380 g/mol. The quantitative estimate of drug-likeness (QED) is 0.800. The molecule has 0 bridgehead atoms. The molecule has 0 aliphatic heterocycles. The molecular weight excluding hydrogens is 371 g/mol. The van der Waals surface area contributed by atoms with Gasteiger partial charge in [0, 0.05) is 4.47 Å². The zero-order chi connectivity index (χ0) is 14.9. The van der Waals surface area contributed by atoms with E-state index in [4.69, 9.17) is 17.3 Å². The largest absolute Gasteiger partial charge is 0.398 e. The summed E-state index contributed by atoms with van der Waals surface area (Å²) in [5, 5.41) is 0.0886. The highest BCUT2D eigenvalue weighted by atomic mass is 79.9. The number of nitrogen functional groups attached to an aromatic ring is 1. The van der Waals surface area contributed by atoms with Crippen molar-refractivity contribution in [2.75, 3.05) is 10.5 Å². The fourth-order valence-electron chi connectivity index (χ4n) is 1.54. The maximum atomic E-state index is 13.1. The van der Waals surface area contributed by atoms with Crippen LogP contribution in [0.25, 0.3) is 0 Å². The van der Waals surface area contributed by atoms with E-state index >= 15 is 0 Å². The van der Waals surface area contributed by atoms with Crippen LogP contribution in [0.3, 0.4) is 0 Å². The number of halogens is 3. The smallest absolute Gasteiger partial charge is 0.263 e. The maximum absolute atomic E-state index is 13.1. The molecule has 2 aromatic rings. The number of anilines is 2. The highest BCUT2D eigenvalue weighted by Gasteiger charge is 2.19. The highest BCUT2D eigenvalue weighted by Crippen LogP contribution is 2.28. The van der Waals surface area contributed by atoms with Crippen molar-refractivity contribution in [2.24, 2.45) is 0 Å². The maximum Gasteiger partial charge on any atom is 0.263 e. The summed E-state index contributed by atoms with van der Waals surface area (Å²) in [7, 11) is -3.95. The lowest BCUT2D eigenvalue weighted by atomic mass is 10.3. The van der Waals surface area contributed by atoms with Crippen molar-refractivity contribution in [3.63, 3.8) is 0 Å². The topological polar surface area (TPSA) is 72.2 Å². The SMILES string of the molecule is Nc1cc(Br)ccc1S(=O)(=O)Nc1cc(F)ccc1Cl. The Bertz CT molecular complexity index is 768. The van der Waals surface area contributed by atoms with Gasteiger partial charge in [-0.3, -0.25) is 4.72 Å². The van der Waals surface area contributed by atoms with E-state index in [1.54, 1.807) is 0 Å². The summed E-state index contributed by atoms with van der Waals surface area (Å²) >= 11 is 9.01. The Morgan fingerprint density at radius 1 is 1.20 bits per heavy atom. The van der Waals surface area contributed by atoms with Crippen LogP contribution in [0.2, 0.25) is 5.02 Å². The third kappa shape index (κ3) is 3.23. The third-order valence-electron chi connectivity index (χ3n) is 2.43. The molecule has 3 N–H and O–H groups in total. The number of hydrogen-bond donors (Lipinski definition) is 2. The number of benzene rings is 2. The molecule has 0 unspecified atom stereocenters. The minimum absolute atomic E-state index is 0.0472. The van der Waals surface area contributed by atoms with Gasteiger partial charge in [-0.05, 0) is 36.4 Å². The Kier molecular flexibility index (Phi) is 4.22. The summed E-state index contributed by atoms with van der Waals surface area (Å²) in [4.78, 5) is -0.110. The molecule has 8 heteroatoms. The minimum Gasteiger partial charge on any atom is -0.398 e. The Morgan fingerprint density at radius 2 is 1.90 bits per heavy atom. The molecule has 0 spiro atoms. The van der Waals surface area contributed by atoms with Crippen LogP contribution in [0.1, 0.15) is 0 Å². The summed E-state index contributed by atoms with van der Waals surface area (Å²) in [5.74, 6) is -0.601. The Labute approximate surface area is 128 Å². The fourth-order valence-corrected chi connectivity index (χ4v) is 3.32. The minimum atomic E-state index is -3.95. The van der Waals surface area contributed by atoms with Crippen molar-refractivity contribution >= 4 is 48.9 Å². The van der Waals surface area contributed by atoms with Crippen molar-refractivity contribution in [1.29, 1.82) is 0 Å². The zero-order valence-electron chi connectivity index (χ0n) is 9.90. The van der Waals surface area contributed by atoms with Crippen LogP contribution in [-0.4, -0.2) is 8.42 Å². The van der Waals surface area contributed by atoms with Gasteiger partial charge in [0.15, 0.2) is 0 Å². The molecule has 2 aromatic carbocycles. The molecule has 106 valence electrons. The molecule has 0 atom stereocenters. The second-order valence-corrected chi connectivity index (χ2v) is 6.89. The van der Waals surface area contributed by atoms with Gasteiger partial charge >= 0.3 is 0 Å². The molecule has 0 aliphatic carbocycles. The van der Waals surface area contributed by atoms with E-state index in [0.29, 0.717) is 4.47 Å². The van der Waals surface area contributed by atoms with Gasteiger partial charge in [0.2, 0.25) is 0 Å². The van der Waals surface area contributed by atoms with Crippen molar-refractivity contribution in [3.8, 4) is 0 Å². The molecule has 0 amide bonds. The fraction of sp³-hybridized carbons (Fsp3) is 0. The van der Waals surface area contributed by atoms with E-state index in [2.05, 4.69) is 20.7 Å². The van der Waals surface area contributed by atoms with E-state index in [0.717, 1.165) is 12.1 Å². The number of sulfonamides is 1. The first kappa shape index (κ1) is 15.1. The standard InChI is InChI=1S/C12H9BrClFN2O2S/c13-7-1-4-12(10(16)5-7)20(18,19)17-11-6-8(15)2-3-9(11)14/h1-6,17H,16H2. The number of hydrogen-bond acceptors (Lipinski definition) is 3. The van der Waals surface area contributed by atoms with Gasteiger partial charge in [-0.25, -0.2) is 12.8 Å². The average Bonchev–Trinajstić information content (AvgIpc) is 2.33. The number of nitrogens with one attached hydrogen (secondary N) is 1. The van der Waals surface area contributed by atoms with Crippen molar-refractivity contribution in [1.82, 2.24) is 0 Å². The first-order valence-corrected chi connectivity index (χ1v) is 7.98. The summed E-state index contributed by atoms with van der Waals surface area (Å²) in [6, 6.07) is 7.73. The van der Waals surface area contributed by atoms with Gasteiger partial charge in [0.1, 0.15) is 10.7 Å². The molecule has 4 nitrogen and oxygen atoms in total. The van der Waals surface area contributed by atoms with Gasteiger partial charge in [-0.15, -0.1) is 0 Å². The van der Waals surface area contributed by atoms with Crippen LogP contribution < -0.4 is 10.5 Å². The second-order valence-electron chi connectivity index (χ2n) is 3.91. The third-order valence-corrected chi connectivity index (χ3v) is 4.70. The molecule has 0 heterocycles. The number of nitrogens with two attached hydrogens (primary N) is 1. The Balaban J connectivity index is 2.43. The van der Waals surface area contributed by atoms with Gasteiger partial charge in [-0.2, -0.15) is 0 Å². The lowest BCUT2D eigenvalue weighted by molar-refractivity contribution is 0.601. The lowest BCUT2D eigenvalue weighted by Crippen LogP contribution is -2.15. The molecular formula is C12H9BrClFN2O2S. The monoisotopic (exact) mass is 378 g/mol. The van der Waals surface area contributed by atoms with Gasteiger partial charge < -0.3 is 5.73 Å². The van der Waals surface area contributed by atoms with Crippen LogP contribution in [0.5, 0.6) is 0 Å². The van der Waals surface area contributed by atoms with Gasteiger partial charge in [0.25, 0.3) is 10.0 Å². The van der Waals surface area contributed by atoms with E-state index in [-0.39, 0.29) is 21.3 Å². The van der Waals surface area contributed by atoms with Crippen molar-refractivity contribution in [3.05, 3.63) is 51.7 Å². The molecule has 0 aromatic heterocycles. The zero-order valence-corrected chi connectivity index (χ0v) is 13.1. The lowest BCUT2D eigenvalue weighted by Gasteiger charge is -2.11. The van der Waals surface area contributed by atoms with Crippen LogP contribution in [-0.2, 0) is 10.0 Å². The number of rotatable bonds is 3. The second kappa shape index (κ2) is 5.59. The van der Waals surface area contributed by atoms with Gasteiger partial charge in [-0.1, -0.05) is 27.5 Å². The van der Waals surface area contributed by atoms with Crippen molar-refractivity contribution in [2.45, 2.75) is 4.90 Å². The van der Waals surface area contributed by atoms with Crippen LogP contribution >= 0.6 is 27.5 Å². The Hall–Kier alpha value is -1.31. The first-order valence-electron chi connectivity index (χ1n) is 5.32. The summed E-state index contributed by atoms with van der Waals surface area (Å²) < 4.78 is 40.4. The molecule has 0 saturated carbocycles. The van der Waals surface area contributed by atoms with Crippen LogP contribution in [0, 0.1) is 5.82 Å². The summed E-state index contributed by atoms with van der Waals surface area (Å²) in [6.45, 7) is 0. The molecule has 0 radical (unpaired) electrons. The molecule has 0 fully saturated rings. The normalized spacial score (nSPS) is 11.3. The van der Waals surface area contributed by atoms with E-state index in [1.165, 1.54) is 24.3 Å². The molecule has 2 rings (SSSR count). The van der Waals surface area contributed by atoms with E-state index in [1.807, 2.05) is 0 Å². The van der Waals surface area contributed by atoms with Gasteiger partial charge in [0.05, 0.1) is 16.4 Å². The van der Waals surface area contributed by atoms with Crippen molar-refractivity contribution < 1.29 is 12.8 Å². The highest BCUT2D eigenvalue weighted by molar-refractivity contribution is 9.10. The molecule has 0 aliphatic rings. The predicted octanol–water partition coefficient (Wildman–Crippen LogP) is 3.62. The van der Waals surface area contributed by atoms with Crippen LogP contribution in [0.15, 0.2) is 45.8 Å². The van der Waals surface area contributed by atoms with Crippen LogP contribution in [0.4, 0.5) is 15.8 Å². The Morgan fingerprint density at radius 3 is 2.55 bits per heavy atom. The summed E-state index contributed by atoms with van der Waals surface area (Å²) in [5.41, 5.74) is 5.69. The van der Waals surface area contributed by atoms with E-state index < -0.39 is 15.8 Å². The first-order chi connectivity index (χ1) is 9.29. The predicted molar refractivity (Wildman–Crippen MR) is 80.8 cm³/mol.